The lowest BCUT2D eigenvalue weighted by Gasteiger charge is -2.30. The number of ether oxygens (including phenoxy) is 1. The highest BCUT2D eigenvalue weighted by Gasteiger charge is 2.37. The van der Waals surface area contributed by atoms with Gasteiger partial charge in [0.1, 0.15) is 17.8 Å². The second-order valence-corrected chi connectivity index (χ2v) is 12.3. The van der Waals surface area contributed by atoms with Crippen LogP contribution in [0.25, 0.3) is 10.9 Å². The Balaban J connectivity index is 1.68. The smallest absolute Gasteiger partial charge is 0.303 e. The highest BCUT2D eigenvalue weighted by molar-refractivity contribution is 5.99. The average Bonchev–Trinajstić information content (AvgIpc) is 3.51. The summed E-state index contributed by atoms with van der Waals surface area (Å²) in [6.45, 7) is 8.23. The minimum atomic E-state index is -1.42. The molecule has 0 saturated heterocycles. The van der Waals surface area contributed by atoms with Crippen LogP contribution in [-0.2, 0) is 30.3 Å². The molecule has 4 atom stereocenters. The Morgan fingerprint density at radius 2 is 1.60 bits per heavy atom. The average molecular weight is 658 g/mol. The molecule has 0 spiro atoms. The van der Waals surface area contributed by atoms with Crippen LogP contribution in [0.2, 0.25) is 0 Å². The quantitative estimate of drug-likeness (QED) is 0.153. The zero-order chi connectivity index (χ0) is 35.0. The molecule has 4 rings (SSSR count). The Bertz CT molecular complexity index is 1790. The van der Waals surface area contributed by atoms with Gasteiger partial charge in [0.05, 0.1) is 18.0 Å². The van der Waals surface area contributed by atoms with E-state index in [4.69, 9.17) is 10.5 Å². The molecule has 0 unspecified atom stereocenters. The number of hydrogen-bond acceptors (Lipinski definition) is 10. The molecular formula is C33H39N9O6. The molecule has 0 saturated carbocycles. The molecule has 48 heavy (non-hydrogen) atoms. The van der Waals surface area contributed by atoms with Crippen LogP contribution in [-0.4, -0.2) is 72.4 Å². The number of nitrogens with two attached hydrogens (primary N) is 1. The molecule has 15 nitrogen and oxygen atoms in total. The van der Waals surface area contributed by atoms with E-state index < -0.39 is 65.8 Å². The first kappa shape index (κ1) is 35.1. The monoisotopic (exact) mass is 657 g/mol. The molecule has 2 aromatic heterocycles. The number of pyridine rings is 1. The number of primary amides is 1. The zero-order valence-electron chi connectivity index (χ0n) is 27.3. The van der Waals surface area contributed by atoms with Gasteiger partial charge < -0.3 is 26.4 Å². The van der Waals surface area contributed by atoms with Gasteiger partial charge in [-0.25, -0.2) is 9.67 Å². The first-order valence-corrected chi connectivity index (χ1v) is 15.3. The number of amides is 4. The van der Waals surface area contributed by atoms with Gasteiger partial charge >= 0.3 is 5.97 Å². The van der Waals surface area contributed by atoms with Crippen LogP contribution in [0.15, 0.2) is 66.7 Å². The van der Waals surface area contributed by atoms with E-state index in [9.17, 15) is 24.0 Å². The molecule has 15 heteroatoms. The van der Waals surface area contributed by atoms with Gasteiger partial charge in [-0.1, -0.05) is 54.6 Å². The van der Waals surface area contributed by atoms with Crippen molar-refractivity contribution in [3.63, 3.8) is 0 Å². The van der Waals surface area contributed by atoms with Crippen LogP contribution in [0.1, 0.15) is 75.1 Å². The lowest BCUT2D eigenvalue weighted by atomic mass is 9.99. The van der Waals surface area contributed by atoms with Gasteiger partial charge in [-0.05, 0) is 62.2 Å². The summed E-state index contributed by atoms with van der Waals surface area (Å²) < 4.78 is 6.93. The number of esters is 1. The highest BCUT2D eigenvalue weighted by Crippen LogP contribution is 2.25. The summed E-state index contributed by atoms with van der Waals surface area (Å²) in [5.74, 6) is -3.47. The number of rotatable bonds is 13. The normalized spacial score (nSPS) is 13.9. The molecule has 4 aromatic rings. The lowest BCUT2D eigenvalue weighted by molar-refractivity contribution is -0.150. The maximum Gasteiger partial charge on any atom is 0.303 e. The molecule has 5 N–H and O–H groups in total. The maximum atomic E-state index is 13.9. The van der Waals surface area contributed by atoms with E-state index >= 15 is 0 Å². The van der Waals surface area contributed by atoms with Gasteiger partial charge in [-0.15, -0.1) is 5.10 Å². The van der Waals surface area contributed by atoms with Crippen molar-refractivity contribution in [1.82, 2.24) is 41.1 Å². The number of hydrogen-bond donors (Lipinski definition) is 4. The predicted octanol–water partition coefficient (Wildman–Crippen LogP) is 1.70. The lowest BCUT2D eigenvalue weighted by Crippen LogP contribution is -2.53. The Morgan fingerprint density at radius 3 is 2.27 bits per heavy atom. The first-order valence-electron chi connectivity index (χ1n) is 15.3. The molecule has 4 amide bonds. The fraction of sp³-hybridized carbons (Fsp3) is 0.364. The largest absolute Gasteiger partial charge is 0.452 e. The summed E-state index contributed by atoms with van der Waals surface area (Å²) in [6, 6.07) is 16.0. The summed E-state index contributed by atoms with van der Waals surface area (Å²) >= 11 is 0. The maximum absolute atomic E-state index is 13.9. The summed E-state index contributed by atoms with van der Waals surface area (Å²) in [6.07, 6.45) is -1.74. The van der Waals surface area contributed by atoms with Gasteiger partial charge in [0, 0.05) is 17.8 Å². The van der Waals surface area contributed by atoms with E-state index in [1.54, 1.807) is 49.4 Å². The number of para-hydroxylation sites is 1. The SMILES string of the molecule is CC(=O)O[C@@H](c1nnnn1[C@@H](C)C(=O)NC(C)(C)C)[C@H](Cc1ccccc1)NC(=O)[C@H](CC(N)=O)NC(=O)c1ccc2ccccc2n1. The number of carbonyl (C=O) groups is 5. The van der Waals surface area contributed by atoms with E-state index in [0.717, 1.165) is 10.9 Å². The van der Waals surface area contributed by atoms with Gasteiger partial charge in [0.25, 0.3) is 5.91 Å². The number of nitrogens with one attached hydrogen (secondary N) is 3. The van der Waals surface area contributed by atoms with E-state index in [1.165, 1.54) is 17.7 Å². The Morgan fingerprint density at radius 1 is 0.917 bits per heavy atom. The molecule has 0 aliphatic heterocycles. The molecule has 0 fully saturated rings. The second kappa shape index (κ2) is 15.2. The van der Waals surface area contributed by atoms with Crippen LogP contribution in [0, 0.1) is 0 Å². The van der Waals surface area contributed by atoms with Crippen molar-refractivity contribution in [2.75, 3.05) is 0 Å². The summed E-state index contributed by atoms with van der Waals surface area (Å²) in [4.78, 5) is 69.1. The zero-order valence-corrected chi connectivity index (χ0v) is 27.3. The number of aromatic nitrogens is 5. The molecule has 252 valence electrons. The molecular weight excluding hydrogens is 618 g/mol. The number of fused-ring (bicyclic) bond motifs is 1. The van der Waals surface area contributed by atoms with Crippen molar-refractivity contribution >= 4 is 40.5 Å². The fourth-order valence-corrected chi connectivity index (χ4v) is 4.96. The van der Waals surface area contributed by atoms with E-state index in [-0.39, 0.29) is 17.9 Å². The topological polar surface area (TPSA) is 213 Å². The molecule has 2 aromatic carbocycles. The summed E-state index contributed by atoms with van der Waals surface area (Å²) in [7, 11) is 0. The van der Waals surface area contributed by atoms with Gasteiger partial charge in [-0.3, -0.25) is 24.0 Å². The number of benzene rings is 2. The van der Waals surface area contributed by atoms with Crippen molar-refractivity contribution < 1.29 is 28.7 Å². The van der Waals surface area contributed by atoms with Crippen molar-refractivity contribution in [1.29, 1.82) is 0 Å². The number of carbonyl (C=O) groups excluding carboxylic acids is 5. The Kier molecular flexibility index (Phi) is 11.2. The van der Waals surface area contributed by atoms with E-state index in [2.05, 4.69) is 36.5 Å². The van der Waals surface area contributed by atoms with Crippen molar-refractivity contribution in [2.45, 2.75) is 77.2 Å². The number of nitrogens with zero attached hydrogens (tertiary/aromatic N) is 5. The van der Waals surface area contributed by atoms with Crippen LogP contribution in [0.3, 0.4) is 0 Å². The third-order valence-corrected chi connectivity index (χ3v) is 7.16. The highest BCUT2D eigenvalue weighted by atomic mass is 16.5. The Hall–Kier alpha value is -5.73. The van der Waals surface area contributed by atoms with Crippen molar-refractivity contribution in [2.24, 2.45) is 5.73 Å². The molecule has 0 radical (unpaired) electrons. The Labute approximate surface area is 277 Å². The molecule has 0 aliphatic carbocycles. The van der Waals surface area contributed by atoms with Gasteiger partial charge in [0.2, 0.25) is 17.7 Å². The molecule has 0 bridgehead atoms. The van der Waals surface area contributed by atoms with Crippen molar-refractivity contribution in [3.8, 4) is 0 Å². The fourth-order valence-electron chi connectivity index (χ4n) is 4.96. The first-order chi connectivity index (χ1) is 22.7. The minimum absolute atomic E-state index is 0.0150. The molecule has 2 heterocycles. The minimum Gasteiger partial charge on any atom is -0.452 e. The second-order valence-electron chi connectivity index (χ2n) is 12.3. The van der Waals surface area contributed by atoms with Gasteiger partial charge in [-0.2, -0.15) is 0 Å². The van der Waals surface area contributed by atoms with Crippen LogP contribution < -0.4 is 21.7 Å². The number of tetrazole rings is 1. The van der Waals surface area contributed by atoms with Crippen LogP contribution in [0.5, 0.6) is 0 Å². The van der Waals surface area contributed by atoms with E-state index in [0.29, 0.717) is 5.52 Å². The summed E-state index contributed by atoms with van der Waals surface area (Å²) in [5.41, 5.74) is 6.26. The predicted molar refractivity (Wildman–Crippen MR) is 174 cm³/mol. The third-order valence-electron chi connectivity index (χ3n) is 7.16. The van der Waals surface area contributed by atoms with Crippen molar-refractivity contribution in [3.05, 3.63) is 83.8 Å². The van der Waals surface area contributed by atoms with Crippen LogP contribution >= 0.6 is 0 Å². The van der Waals surface area contributed by atoms with Gasteiger partial charge in [0.15, 0.2) is 11.9 Å². The third kappa shape index (κ3) is 9.40. The van der Waals surface area contributed by atoms with Crippen LogP contribution in [0.4, 0.5) is 0 Å². The molecule has 0 aliphatic rings. The standard InChI is InChI=1S/C33H39N9O6/c1-19(30(45)38-33(3,4)5)42-29(39-40-41-42)28(48-20(2)43)25(17-21-11-7-6-8-12-21)36-32(47)26(18-27(34)44)37-31(46)24-16-15-22-13-9-10-14-23(22)35-24/h6-16,19,25-26,28H,17-18H2,1-5H3,(H2,34,44)(H,36,47)(H,37,46)(H,38,45)/t19-,25-,26-,28+/m0/s1. The van der Waals surface area contributed by atoms with E-state index in [1.807, 2.05) is 39.0 Å². The summed E-state index contributed by atoms with van der Waals surface area (Å²) in [5, 5.41) is 20.9.